The molecule has 1 aromatic rings. The average Bonchev–Trinajstić information content (AvgIpc) is 3.03. The number of likely N-dealkylation sites (tertiary alicyclic amines) is 1. The third-order valence-corrected chi connectivity index (χ3v) is 3.35. The molecular formula is C13H24N4O. The van der Waals surface area contributed by atoms with Crippen LogP contribution >= 0.6 is 0 Å². The smallest absolute Gasteiger partial charge is 0.0950 e. The Bertz CT molecular complexity index is 333. The van der Waals surface area contributed by atoms with E-state index >= 15 is 0 Å². The molecule has 1 aliphatic heterocycles. The lowest BCUT2D eigenvalue weighted by Crippen LogP contribution is -2.23. The van der Waals surface area contributed by atoms with Gasteiger partial charge in [0, 0.05) is 39.5 Å². The first-order valence-corrected chi connectivity index (χ1v) is 6.81. The van der Waals surface area contributed by atoms with E-state index < -0.39 is 0 Å². The van der Waals surface area contributed by atoms with Crippen LogP contribution in [0.15, 0.2) is 12.5 Å². The molecule has 0 saturated carbocycles. The highest BCUT2D eigenvalue weighted by Crippen LogP contribution is 2.07. The van der Waals surface area contributed by atoms with E-state index in [1.807, 2.05) is 6.33 Å². The molecule has 0 amide bonds. The molecule has 0 aliphatic carbocycles. The molecule has 1 aromatic heterocycles. The molecule has 1 fully saturated rings. The molecule has 0 aromatic carbocycles. The van der Waals surface area contributed by atoms with Crippen LogP contribution in [0.2, 0.25) is 0 Å². The fourth-order valence-electron chi connectivity index (χ4n) is 2.27. The van der Waals surface area contributed by atoms with Crippen molar-refractivity contribution in [2.75, 3.05) is 39.9 Å². The molecule has 2 heterocycles. The second kappa shape index (κ2) is 7.51. The Hall–Kier alpha value is -0.910. The standard InChI is InChI=1S/C13H24N4O/c1-18-9-4-14-10-13-11-17(12-15-13)8-7-16-5-2-3-6-16/h11-12,14H,2-10H2,1H3. The van der Waals surface area contributed by atoms with Crippen molar-refractivity contribution in [3.63, 3.8) is 0 Å². The van der Waals surface area contributed by atoms with Gasteiger partial charge in [0.15, 0.2) is 0 Å². The normalized spacial score (nSPS) is 16.5. The van der Waals surface area contributed by atoms with Crippen molar-refractivity contribution in [3.8, 4) is 0 Å². The van der Waals surface area contributed by atoms with Crippen LogP contribution in [0, 0.1) is 0 Å². The summed E-state index contributed by atoms with van der Waals surface area (Å²) in [7, 11) is 1.72. The Balaban J connectivity index is 1.65. The van der Waals surface area contributed by atoms with Gasteiger partial charge in [-0.3, -0.25) is 0 Å². The number of aromatic nitrogens is 2. The number of rotatable bonds is 8. The van der Waals surface area contributed by atoms with E-state index in [1.54, 1.807) is 7.11 Å². The molecule has 18 heavy (non-hydrogen) atoms. The number of methoxy groups -OCH3 is 1. The van der Waals surface area contributed by atoms with Crippen molar-refractivity contribution in [2.45, 2.75) is 25.9 Å². The van der Waals surface area contributed by atoms with Gasteiger partial charge in [-0.15, -0.1) is 0 Å². The van der Waals surface area contributed by atoms with Gasteiger partial charge in [0.1, 0.15) is 0 Å². The molecule has 0 atom stereocenters. The molecule has 5 heteroatoms. The summed E-state index contributed by atoms with van der Waals surface area (Å²) < 4.78 is 7.17. The summed E-state index contributed by atoms with van der Waals surface area (Å²) >= 11 is 0. The van der Waals surface area contributed by atoms with Gasteiger partial charge in [-0.05, 0) is 25.9 Å². The molecular weight excluding hydrogens is 228 g/mol. The number of hydrogen-bond donors (Lipinski definition) is 1. The van der Waals surface area contributed by atoms with Crippen molar-refractivity contribution in [1.82, 2.24) is 19.8 Å². The van der Waals surface area contributed by atoms with E-state index in [-0.39, 0.29) is 0 Å². The SMILES string of the molecule is COCCNCc1cn(CCN2CCCC2)cn1. The Morgan fingerprint density at radius 2 is 2.17 bits per heavy atom. The minimum Gasteiger partial charge on any atom is -0.383 e. The Kier molecular flexibility index (Phi) is 5.64. The molecule has 1 N–H and O–H groups in total. The largest absolute Gasteiger partial charge is 0.383 e. The van der Waals surface area contributed by atoms with E-state index in [4.69, 9.17) is 4.74 Å². The molecule has 1 saturated heterocycles. The minimum atomic E-state index is 0.746. The lowest BCUT2D eigenvalue weighted by molar-refractivity contribution is 0.199. The molecule has 2 rings (SSSR count). The monoisotopic (exact) mass is 252 g/mol. The van der Waals surface area contributed by atoms with Crippen LogP contribution < -0.4 is 5.32 Å². The van der Waals surface area contributed by atoms with Gasteiger partial charge in [0.25, 0.3) is 0 Å². The van der Waals surface area contributed by atoms with Gasteiger partial charge in [0.05, 0.1) is 18.6 Å². The first-order valence-electron chi connectivity index (χ1n) is 6.81. The quantitative estimate of drug-likeness (QED) is 0.692. The maximum absolute atomic E-state index is 4.99. The molecule has 1 aliphatic rings. The Morgan fingerprint density at radius 1 is 1.33 bits per heavy atom. The predicted molar refractivity (Wildman–Crippen MR) is 71.5 cm³/mol. The zero-order chi connectivity index (χ0) is 12.6. The summed E-state index contributed by atoms with van der Waals surface area (Å²) in [6, 6.07) is 0. The van der Waals surface area contributed by atoms with Crippen LogP contribution in [-0.4, -0.2) is 54.3 Å². The van der Waals surface area contributed by atoms with Crippen molar-refractivity contribution in [2.24, 2.45) is 0 Å². The Morgan fingerprint density at radius 3 is 2.94 bits per heavy atom. The number of hydrogen-bond acceptors (Lipinski definition) is 4. The van der Waals surface area contributed by atoms with Gasteiger partial charge in [-0.1, -0.05) is 0 Å². The number of ether oxygens (including phenoxy) is 1. The summed E-state index contributed by atoms with van der Waals surface area (Å²) in [6.45, 7) is 7.16. The van der Waals surface area contributed by atoms with Crippen molar-refractivity contribution in [3.05, 3.63) is 18.2 Å². The van der Waals surface area contributed by atoms with Crippen molar-refractivity contribution >= 4 is 0 Å². The van der Waals surface area contributed by atoms with E-state index in [0.29, 0.717) is 0 Å². The lowest BCUT2D eigenvalue weighted by Gasteiger charge is -2.14. The zero-order valence-electron chi connectivity index (χ0n) is 11.3. The minimum absolute atomic E-state index is 0.746. The summed E-state index contributed by atoms with van der Waals surface area (Å²) in [5, 5.41) is 3.30. The third kappa shape index (κ3) is 4.40. The molecule has 0 unspecified atom stereocenters. The van der Waals surface area contributed by atoms with Crippen molar-refractivity contribution < 1.29 is 4.74 Å². The average molecular weight is 252 g/mol. The third-order valence-electron chi connectivity index (χ3n) is 3.35. The summed E-state index contributed by atoms with van der Waals surface area (Å²) in [5.41, 5.74) is 1.10. The van der Waals surface area contributed by atoms with Crippen LogP contribution in [0.3, 0.4) is 0 Å². The topological polar surface area (TPSA) is 42.3 Å². The maximum atomic E-state index is 4.99. The van der Waals surface area contributed by atoms with Gasteiger partial charge in [0.2, 0.25) is 0 Å². The second-order valence-electron chi connectivity index (χ2n) is 4.82. The van der Waals surface area contributed by atoms with Gasteiger partial charge >= 0.3 is 0 Å². The first kappa shape index (κ1) is 13.5. The van der Waals surface area contributed by atoms with Crippen LogP contribution in [0.5, 0.6) is 0 Å². The first-order chi connectivity index (χ1) is 8.88. The molecule has 5 nitrogen and oxygen atoms in total. The van der Waals surface area contributed by atoms with Gasteiger partial charge in [-0.25, -0.2) is 4.98 Å². The maximum Gasteiger partial charge on any atom is 0.0950 e. The predicted octanol–water partition coefficient (Wildman–Crippen LogP) is 0.715. The lowest BCUT2D eigenvalue weighted by atomic mass is 10.4. The highest BCUT2D eigenvalue weighted by molar-refractivity contribution is 4.96. The highest BCUT2D eigenvalue weighted by atomic mass is 16.5. The molecule has 102 valence electrons. The second-order valence-corrected chi connectivity index (χ2v) is 4.82. The molecule has 0 spiro atoms. The summed E-state index contributed by atoms with van der Waals surface area (Å²) in [5.74, 6) is 0. The van der Waals surface area contributed by atoms with Crippen LogP contribution in [0.25, 0.3) is 0 Å². The zero-order valence-corrected chi connectivity index (χ0v) is 11.3. The molecule has 0 radical (unpaired) electrons. The number of nitrogens with one attached hydrogen (secondary N) is 1. The van der Waals surface area contributed by atoms with Crippen LogP contribution in [0.4, 0.5) is 0 Å². The summed E-state index contributed by atoms with van der Waals surface area (Å²) in [6.07, 6.45) is 6.79. The van der Waals surface area contributed by atoms with Crippen LogP contribution in [0.1, 0.15) is 18.5 Å². The van der Waals surface area contributed by atoms with E-state index in [0.717, 1.165) is 38.5 Å². The van der Waals surface area contributed by atoms with Gasteiger partial charge in [-0.2, -0.15) is 0 Å². The van der Waals surface area contributed by atoms with E-state index in [2.05, 4.69) is 26.0 Å². The van der Waals surface area contributed by atoms with Crippen LogP contribution in [-0.2, 0) is 17.8 Å². The van der Waals surface area contributed by atoms with Crippen molar-refractivity contribution in [1.29, 1.82) is 0 Å². The highest BCUT2D eigenvalue weighted by Gasteiger charge is 2.10. The number of nitrogens with zero attached hydrogens (tertiary/aromatic N) is 3. The fourth-order valence-corrected chi connectivity index (χ4v) is 2.27. The van der Waals surface area contributed by atoms with E-state index in [9.17, 15) is 0 Å². The fraction of sp³-hybridized carbons (Fsp3) is 0.769. The Labute approximate surface area is 109 Å². The molecule has 0 bridgehead atoms. The van der Waals surface area contributed by atoms with Gasteiger partial charge < -0.3 is 19.5 Å². The van der Waals surface area contributed by atoms with E-state index in [1.165, 1.54) is 25.9 Å². The summed E-state index contributed by atoms with van der Waals surface area (Å²) in [4.78, 5) is 6.92. The number of imidazole rings is 1.